The number of halogens is 1. The number of pyridine rings is 1. The fourth-order valence-corrected chi connectivity index (χ4v) is 1.57. The molecule has 0 saturated heterocycles. The molecule has 4 nitrogen and oxygen atoms in total. The van der Waals surface area contributed by atoms with Crippen LogP contribution in [0.3, 0.4) is 0 Å². The van der Waals surface area contributed by atoms with E-state index in [0.717, 1.165) is 5.56 Å². The molecule has 2 aromatic rings. The molecule has 2 N–H and O–H groups in total. The van der Waals surface area contributed by atoms with Gasteiger partial charge in [-0.3, -0.25) is 0 Å². The average molecular weight is 260 g/mol. The van der Waals surface area contributed by atoms with E-state index in [9.17, 15) is 0 Å². The number of anilines is 1. The summed E-state index contributed by atoms with van der Waals surface area (Å²) in [7, 11) is 0. The van der Waals surface area contributed by atoms with Crippen molar-refractivity contribution in [3.8, 4) is 17.7 Å². The van der Waals surface area contributed by atoms with Gasteiger partial charge in [0.05, 0.1) is 23.2 Å². The van der Waals surface area contributed by atoms with E-state index in [1.165, 1.54) is 6.20 Å². The van der Waals surface area contributed by atoms with Crippen LogP contribution in [0.2, 0.25) is 5.02 Å². The number of aromatic nitrogens is 1. The summed E-state index contributed by atoms with van der Waals surface area (Å²) in [5.41, 5.74) is 7.04. The lowest BCUT2D eigenvalue weighted by Crippen LogP contribution is -1.95. The Hall–Kier alpha value is -2.25. The number of hydrogen-bond donors (Lipinski definition) is 1. The number of nitrogens with zero attached hydrogens (tertiary/aromatic N) is 2. The Morgan fingerprint density at radius 3 is 2.67 bits per heavy atom. The minimum Gasteiger partial charge on any atom is -0.437 e. The lowest BCUT2D eigenvalue weighted by atomic mass is 10.2. The SMILES string of the molecule is N#CCc1ccc(Oc2ncc(Cl)cc2N)cc1. The molecule has 1 heterocycles. The van der Waals surface area contributed by atoms with Crippen LogP contribution in [0.15, 0.2) is 36.5 Å². The third kappa shape index (κ3) is 2.90. The fraction of sp³-hybridized carbons (Fsp3) is 0.0769. The zero-order valence-corrected chi connectivity index (χ0v) is 10.2. The van der Waals surface area contributed by atoms with Crippen LogP contribution in [0.4, 0.5) is 5.69 Å². The highest BCUT2D eigenvalue weighted by molar-refractivity contribution is 6.30. The second-order valence-electron chi connectivity index (χ2n) is 3.63. The molecule has 0 spiro atoms. The Bertz CT molecular complexity index is 590. The first-order valence-electron chi connectivity index (χ1n) is 5.24. The van der Waals surface area contributed by atoms with E-state index in [1.807, 2.05) is 12.1 Å². The van der Waals surface area contributed by atoms with Gasteiger partial charge in [-0.2, -0.15) is 5.26 Å². The topological polar surface area (TPSA) is 71.9 Å². The molecule has 0 radical (unpaired) electrons. The van der Waals surface area contributed by atoms with E-state index in [1.54, 1.807) is 18.2 Å². The van der Waals surface area contributed by atoms with E-state index >= 15 is 0 Å². The minimum atomic E-state index is 0.312. The Kier molecular flexibility index (Phi) is 3.66. The molecule has 2 rings (SSSR count). The molecule has 0 unspecified atom stereocenters. The lowest BCUT2D eigenvalue weighted by molar-refractivity contribution is 0.465. The summed E-state index contributed by atoms with van der Waals surface area (Å²) in [5, 5.41) is 9.03. The Balaban J connectivity index is 2.16. The average Bonchev–Trinajstić information content (AvgIpc) is 2.35. The molecule has 1 aromatic carbocycles. The molecule has 18 heavy (non-hydrogen) atoms. The van der Waals surface area contributed by atoms with Crippen molar-refractivity contribution in [2.75, 3.05) is 5.73 Å². The largest absolute Gasteiger partial charge is 0.437 e. The van der Waals surface area contributed by atoms with Crippen molar-refractivity contribution in [3.05, 3.63) is 47.1 Å². The Labute approximate surface area is 110 Å². The predicted octanol–water partition coefficient (Wildman–Crippen LogP) is 3.18. The van der Waals surface area contributed by atoms with Crippen LogP contribution < -0.4 is 10.5 Å². The highest BCUT2D eigenvalue weighted by Gasteiger charge is 2.04. The molecule has 0 bridgehead atoms. The molecule has 0 amide bonds. The first kappa shape index (κ1) is 12.2. The molecular formula is C13H10ClN3O. The van der Waals surface area contributed by atoms with Gasteiger partial charge in [-0.15, -0.1) is 0 Å². The lowest BCUT2D eigenvalue weighted by Gasteiger charge is -2.07. The van der Waals surface area contributed by atoms with Gasteiger partial charge in [0.15, 0.2) is 0 Å². The summed E-state index contributed by atoms with van der Waals surface area (Å²) >= 11 is 5.75. The smallest absolute Gasteiger partial charge is 0.242 e. The van der Waals surface area contributed by atoms with Crippen LogP contribution >= 0.6 is 11.6 Å². The predicted molar refractivity (Wildman–Crippen MR) is 69.5 cm³/mol. The van der Waals surface area contributed by atoms with Crippen LogP contribution in [0.1, 0.15) is 5.56 Å². The van der Waals surface area contributed by atoms with E-state index in [-0.39, 0.29) is 0 Å². The van der Waals surface area contributed by atoms with Gasteiger partial charge in [0.25, 0.3) is 0 Å². The maximum Gasteiger partial charge on any atom is 0.242 e. The van der Waals surface area contributed by atoms with Crippen molar-refractivity contribution in [1.29, 1.82) is 5.26 Å². The van der Waals surface area contributed by atoms with E-state index in [4.69, 9.17) is 27.3 Å². The van der Waals surface area contributed by atoms with Gasteiger partial charge in [-0.05, 0) is 23.8 Å². The summed E-state index contributed by atoms with van der Waals surface area (Å²) in [6.07, 6.45) is 1.85. The maximum absolute atomic E-state index is 8.57. The molecular weight excluding hydrogens is 250 g/mol. The highest BCUT2D eigenvalue weighted by Crippen LogP contribution is 2.27. The molecule has 0 fully saturated rings. The van der Waals surface area contributed by atoms with Crippen LogP contribution in [0.5, 0.6) is 11.6 Å². The number of hydrogen-bond acceptors (Lipinski definition) is 4. The molecule has 0 aliphatic heterocycles. The Morgan fingerprint density at radius 1 is 1.33 bits per heavy atom. The van der Waals surface area contributed by atoms with Gasteiger partial charge in [0.1, 0.15) is 5.75 Å². The van der Waals surface area contributed by atoms with Gasteiger partial charge in [-0.25, -0.2) is 4.98 Å². The van der Waals surface area contributed by atoms with Crippen molar-refractivity contribution in [2.24, 2.45) is 0 Å². The zero-order chi connectivity index (χ0) is 13.0. The van der Waals surface area contributed by atoms with Crippen molar-refractivity contribution in [2.45, 2.75) is 6.42 Å². The number of benzene rings is 1. The van der Waals surface area contributed by atoms with Crippen LogP contribution in [0.25, 0.3) is 0 Å². The minimum absolute atomic E-state index is 0.312. The van der Waals surface area contributed by atoms with Crippen LogP contribution in [-0.4, -0.2) is 4.98 Å². The molecule has 0 aliphatic rings. The summed E-state index contributed by atoms with van der Waals surface area (Å²) in [6.45, 7) is 0. The number of rotatable bonds is 3. The summed E-state index contributed by atoms with van der Waals surface area (Å²) in [6, 6.07) is 10.8. The molecule has 1 aromatic heterocycles. The second-order valence-corrected chi connectivity index (χ2v) is 4.07. The van der Waals surface area contributed by atoms with Crippen molar-refractivity contribution in [1.82, 2.24) is 4.98 Å². The first-order chi connectivity index (χ1) is 8.69. The van der Waals surface area contributed by atoms with Gasteiger partial charge >= 0.3 is 0 Å². The van der Waals surface area contributed by atoms with Crippen molar-refractivity contribution < 1.29 is 4.74 Å². The van der Waals surface area contributed by atoms with Crippen LogP contribution in [-0.2, 0) is 6.42 Å². The van der Waals surface area contributed by atoms with Gasteiger partial charge in [-0.1, -0.05) is 23.7 Å². The van der Waals surface area contributed by atoms with Crippen molar-refractivity contribution in [3.63, 3.8) is 0 Å². The van der Waals surface area contributed by atoms with E-state index < -0.39 is 0 Å². The normalized spacial score (nSPS) is 9.78. The first-order valence-corrected chi connectivity index (χ1v) is 5.61. The van der Waals surface area contributed by atoms with E-state index in [2.05, 4.69) is 11.1 Å². The Morgan fingerprint density at radius 2 is 2.06 bits per heavy atom. The quantitative estimate of drug-likeness (QED) is 0.919. The number of nitrogens with two attached hydrogens (primary N) is 1. The number of ether oxygens (including phenoxy) is 1. The molecule has 5 heteroatoms. The zero-order valence-electron chi connectivity index (χ0n) is 9.43. The third-order valence-electron chi connectivity index (χ3n) is 2.27. The van der Waals surface area contributed by atoms with E-state index in [0.29, 0.717) is 28.8 Å². The monoisotopic (exact) mass is 259 g/mol. The molecule has 0 atom stereocenters. The second kappa shape index (κ2) is 5.39. The molecule has 90 valence electrons. The standard InChI is InChI=1S/C13H10ClN3O/c14-10-7-12(16)13(17-8-10)18-11-3-1-9(2-4-11)5-6-15/h1-4,7-8H,5,16H2. The van der Waals surface area contributed by atoms with Gasteiger partial charge in [0.2, 0.25) is 5.88 Å². The van der Waals surface area contributed by atoms with Crippen LogP contribution in [0, 0.1) is 11.3 Å². The summed E-state index contributed by atoms with van der Waals surface area (Å²) in [4.78, 5) is 4.00. The van der Waals surface area contributed by atoms with Gasteiger partial charge < -0.3 is 10.5 Å². The number of nitriles is 1. The maximum atomic E-state index is 8.57. The fourth-order valence-electron chi connectivity index (χ4n) is 1.41. The summed E-state index contributed by atoms with van der Waals surface area (Å²) < 4.78 is 5.52. The molecule has 0 saturated carbocycles. The third-order valence-corrected chi connectivity index (χ3v) is 2.47. The summed E-state index contributed by atoms with van der Waals surface area (Å²) in [5.74, 6) is 0.922. The highest BCUT2D eigenvalue weighted by atomic mass is 35.5. The van der Waals surface area contributed by atoms with Crippen molar-refractivity contribution >= 4 is 17.3 Å². The molecule has 0 aliphatic carbocycles. The van der Waals surface area contributed by atoms with Gasteiger partial charge in [0, 0.05) is 6.20 Å². The number of nitrogen functional groups attached to an aromatic ring is 1.